The number of carbonyl (C=O) groups excluding carboxylic acids is 1. The van der Waals surface area contributed by atoms with Crippen LogP contribution in [0.5, 0.6) is 0 Å². The molecule has 2 aromatic carbocycles. The molecule has 0 atom stereocenters. The molecule has 0 aliphatic rings. The minimum Gasteiger partial charge on any atom is -0.302 e. The topological polar surface area (TPSA) is 39.1 Å². The zero-order valence-electron chi connectivity index (χ0n) is 14.9. The fraction of sp³-hybridized carbons (Fsp3) is 0.238. The normalized spacial score (nSPS) is 13.6. The Morgan fingerprint density at radius 3 is 2.48 bits per heavy atom. The van der Waals surface area contributed by atoms with Crippen molar-refractivity contribution in [3.05, 3.63) is 67.6 Å². The van der Waals surface area contributed by atoms with Gasteiger partial charge < -0.3 is 4.57 Å². The largest absolute Gasteiger partial charge is 0.302 e. The Labute approximate surface area is 150 Å². The highest BCUT2D eigenvalue weighted by molar-refractivity contribution is 7.07. The average Bonchev–Trinajstić information content (AvgIpc) is 2.82. The number of carbonyl (C=O) groups is 1. The van der Waals surface area contributed by atoms with Gasteiger partial charge in [-0.05, 0) is 22.4 Å². The summed E-state index contributed by atoms with van der Waals surface area (Å²) in [7, 11) is 1.71. The summed E-state index contributed by atoms with van der Waals surface area (Å²) in [5, 5.41) is 2.25. The van der Waals surface area contributed by atoms with E-state index in [0.29, 0.717) is 9.20 Å². The van der Waals surface area contributed by atoms with Gasteiger partial charge in [-0.3, -0.25) is 9.59 Å². The van der Waals surface area contributed by atoms with Gasteiger partial charge in [0.1, 0.15) is 4.66 Å². The number of ketones is 1. The van der Waals surface area contributed by atoms with E-state index in [9.17, 15) is 9.59 Å². The Balaban J connectivity index is 2.21. The van der Waals surface area contributed by atoms with Crippen molar-refractivity contribution in [2.24, 2.45) is 12.5 Å². The fourth-order valence-electron chi connectivity index (χ4n) is 2.55. The average molecular weight is 351 g/mol. The Morgan fingerprint density at radius 2 is 1.76 bits per heavy atom. The first-order valence-electron chi connectivity index (χ1n) is 8.19. The van der Waals surface area contributed by atoms with E-state index in [1.807, 2.05) is 51.1 Å². The summed E-state index contributed by atoms with van der Waals surface area (Å²) in [6.07, 6.45) is 3.49. The van der Waals surface area contributed by atoms with E-state index in [0.717, 1.165) is 16.3 Å². The van der Waals surface area contributed by atoms with E-state index in [1.165, 1.54) is 11.3 Å². The molecular weight excluding hydrogens is 330 g/mol. The molecule has 128 valence electrons. The standard InChI is InChI=1S/C21H21NO2S/c1-21(2,3)18(23)13-19-22(4)20(24)17(25-19)12-15-10-7-9-14-8-5-6-11-16(14)15/h5-13H,1-4H3/b17-12+,19-13-. The zero-order valence-corrected chi connectivity index (χ0v) is 15.7. The second-order valence-electron chi connectivity index (χ2n) is 7.14. The number of hydrogen-bond acceptors (Lipinski definition) is 3. The van der Waals surface area contributed by atoms with Crippen LogP contribution >= 0.6 is 11.3 Å². The predicted molar refractivity (Wildman–Crippen MR) is 105 cm³/mol. The third kappa shape index (κ3) is 3.49. The quantitative estimate of drug-likeness (QED) is 0.712. The molecule has 0 aliphatic heterocycles. The lowest BCUT2D eigenvalue weighted by Crippen LogP contribution is -2.30. The van der Waals surface area contributed by atoms with Crippen molar-refractivity contribution >= 4 is 40.0 Å². The van der Waals surface area contributed by atoms with Crippen LogP contribution in [0.2, 0.25) is 0 Å². The Kier molecular flexibility index (Phi) is 4.48. The van der Waals surface area contributed by atoms with Gasteiger partial charge in [0.2, 0.25) is 0 Å². The molecule has 3 nitrogen and oxygen atoms in total. The number of aromatic nitrogens is 1. The molecule has 0 fully saturated rings. The molecule has 0 bridgehead atoms. The van der Waals surface area contributed by atoms with Crippen molar-refractivity contribution in [2.45, 2.75) is 20.8 Å². The van der Waals surface area contributed by atoms with Gasteiger partial charge in [-0.25, -0.2) is 0 Å². The van der Waals surface area contributed by atoms with Crippen molar-refractivity contribution in [3.8, 4) is 0 Å². The molecule has 3 aromatic rings. The van der Waals surface area contributed by atoms with Crippen LogP contribution in [-0.4, -0.2) is 10.4 Å². The van der Waals surface area contributed by atoms with E-state index in [-0.39, 0.29) is 11.3 Å². The van der Waals surface area contributed by atoms with Gasteiger partial charge in [0, 0.05) is 18.5 Å². The van der Waals surface area contributed by atoms with Gasteiger partial charge in [0.15, 0.2) is 5.78 Å². The SMILES string of the molecule is Cn1c(=O)/c(=C\c2cccc3ccccc23)s/c1=C\C(=O)C(C)(C)C. The Morgan fingerprint density at radius 1 is 1.08 bits per heavy atom. The minimum absolute atomic E-state index is 0.0149. The number of nitrogens with zero attached hydrogens (tertiary/aromatic N) is 1. The summed E-state index contributed by atoms with van der Waals surface area (Å²) in [5.41, 5.74) is 0.469. The maximum Gasteiger partial charge on any atom is 0.268 e. The van der Waals surface area contributed by atoms with E-state index in [4.69, 9.17) is 0 Å². The molecule has 0 N–H and O–H groups in total. The van der Waals surface area contributed by atoms with Gasteiger partial charge >= 0.3 is 0 Å². The molecule has 3 rings (SSSR count). The monoisotopic (exact) mass is 351 g/mol. The van der Waals surface area contributed by atoms with Crippen molar-refractivity contribution < 1.29 is 4.79 Å². The van der Waals surface area contributed by atoms with E-state index in [1.54, 1.807) is 17.7 Å². The van der Waals surface area contributed by atoms with E-state index in [2.05, 4.69) is 18.2 Å². The smallest absolute Gasteiger partial charge is 0.268 e. The fourth-order valence-corrected chi connectivity index (χ4v) is 3.58. The molecule has 0 unspecified atom stereocenters. The summed E-state index contributed by atoms with van der Waals surface area (Å²) >= 11 is 1.35. The first-order chi connectivity index (χ1) is 11.8. The molecular formula is C21H21NO2S. The third-order valence-corrected chi connectivity index (χ3v) is 5.28. The first kappa shape index (κ1) is 17.4. The molecule has 1 aromatic heterocycles. The number of Topliss-reactive ketones (excluding diaryl/α,β-unsaturated/α-hetero) is 1. The second-order valence-corrected chi connectivity index (χ2v) is 8.20. The van der Waals surface area contributed by atoms with E-state index < -0.39 is 5.41 Å². The summed E-state index contributed by atoms with van der Waals surface area (Å²) in [6, 6.07) is 14.2. The molecule has 0 aliphatic carbocycles. The predicted octanol–water partition coefficient (Wildman–Crippen LogP) is 2.82. The van der Waals surface area contributed by atoms with Crippen LogP contribution in [0.25, 0.3) is 22.9 Å². The molecule has 0 amide bonds. The van der Waals surface area contributed by atoms with E-state index >= 15 is 0 Å². The lowest BCUT2D eigenvalue weighted by Gasteiger charge is -2.12. The number of thiazole rings is 1. The summed E-state index contributed by atoms with van der Waals surface area (Å²) in [5.74, 6) is 0.0149. The van der Waals surface area contributed by atoms with Crippen LogP contribution in [0.1, 0.15) is 26.3 Å². The molecule has 0 saturated carbocycles. The molecule has 0 spiro atoms. The number of benzene rings is 2. The highest BCUT2D eigenvalue weighted by Crippen LogP contribution is 2.18. The van der Waals surface area contributed by atoms with Gasteiger partial charge in [0.05, 0.1) is 4.53 Å². The van der Waals surface area contributed by atoms with Crippen molar-refractivity contribution in [1.82, 2.24) is 4.57 Å². The summed E-state index contributed by atoms with van der Waals surface area (Å²) in [6.45, 7) is 5.63. The molecule has 4 heteroatoms. The highest BCUT2D eigenvalue weighted by Gasteiger charge is 2.19. The Bertz CT molecular complexity index is 1120. The van der Waals surface area contributed by atoms with Crippen LogP contribution in [0.15, 0.2) is 47.3 Å². The van der Waals surface area contributed by atoms with Gasteiger partial charge in [-0.1, -0.05) is 63.2 Å². The van der Waals surface area contributed by atoms with Crippen LogP contribution in [0.3, 0.4) is 0 Å². The zero-order chi connectivity index (χ0) is 18.2. The van der Waals surface area contributed by atoms with Gasteiger partial charge in [0.25, 0.3) is 5.56 Å². The number of fused-ring (bicyclic) bond motifs is 1. The van der Waals surface area contributed by atoms with Crippen LogP contribution in [0.4, 0.5) is 0 Å². The molecule has 25 heavy (non-hydrogen) atoms. The summed E-state index contributed by atoms with van der Waals surface area (Å²) < 4.78 is 2.86. The Hall–Kier alpha value is -2.46. The number of hydrogen-bond donors (Lipinski definition) is 0. The lowest BCUT2D eigenvalue weighted by molar-refractivity contribution is -0.120. The second kappa shape index (κ2) is 6.45. The maximum absolute atomic E-state index is 12.6. The molecule has 0 radical (unpaired) electrons. The highest BCUT2D eigenvalue weighted by atomic mass is 32.1. The van der Waals surface area contributed by atoms with Crippen LogP contribution in [-0.2, 0) is 11.8 Å². The maximum atomic E-state index is 12.6. The van der Waals surface area contributed by atoms with Crippen LogP contribution < -0.4 is 14.8 Å². The third-order valence-electron chi connectivity index (χ3n) is 4.16. The minimum atomic E-state index is -0.459. The van der Waals surface area contributed by atoms with Crippen molar-refractivity contribution in [2.75, 3.05) is 0 Å². The van der Waals surface area contributed by atoms with Crippen molar-refractivity contribution in [1.29, 1.82) is 0 Å². The van der Waals surface area contributed by atoms with Crippen LogP contribution in [0, 0.1) is 5.41 Å². The summed E-state index contributed by atoms with van der Waals surface area (Å²) in [4.78, 5) is 24.8. The first-order valence-corrected chi connectivity index (χ1v) is 9.00. The van der Waals surface area contributed by atoms with Gasteiger partial charge in [-0.2, -0.15) is 0 Å². The van der Waals surface area contributed by atoms with Gasteiger partial charge in [-0.15, -0.1) is 11.3 Å². The molecule has 1 heterocycles. The lowest BCUT2D eigenvalue weighted by atomic mass is 9.91. The number of rotatable bonds is 2. The van der Waals surface area contributed by atoms with Crippen molar-refractivity contribution in [3.63, 3.8) is 0 Å². The molecule has 0 saturated heterocycles.